The molecule has 2 rings (SSSR count). The maximum Gasteiger partial charge on any atom is 0.139 e. The molecule has 108 valence electrons. The molecule has 1 heterocycles. The Balaban J connectivity index is 2.10. The van der Waals surface area contributed by atoms with E-state index in [1.54, 1.807) is 12.1 Å². The molecule has 0 bridgehead atoms. The Kier molecular flexibility index (Phi) is 5.38. The second kappa shape index (κ2) is 6.85. The minimum absolute atomic E-state index is 0.386. The van der Waals surface area contributed by atoms with Gasteiger partial charge in [0.2, 0.25) is 0 Å². The first-order valence-electron chi connectivity index (χ1n) is 6.01. The molecule has 0 amide bonds. The van der Waals surface area contributed by atoms with Gasteiger partial charge >= 0.3 is 0 Å². The summed E-state index contributed by atoms with van der Waals surface area (Å²) in [5.41, 5.74) is 0.991. The monoisotopic (exact) mass is 377 g/mol. The molecule has 0 unspecified atom stereocenters. The first-order valence-corrected chi connectivity index (χ1v) is 7.56. The molecule has 0 fully saturated rings. The second-order valence-electron chi connectivity index (χ2n) is 4.31. The van der Waals surface area contributed by atoms with Crippen molar-refractivity contribution in [3.8, 4) is 5.75 Å². The number of rotatable bonds is 5. The van der Waals surface area contributed by atoms with Crippen molar-refractivity contribution in [1.82, 2.24) is 5.32 Å². The topological polar surface area (TPSA) is 34.4 Å². The van der Waals surface area contributed by atoms with E-state index in [1.807, 2.05) is 20.0 Å². The fraction of sp³-hybridized carbons (Fsp3) is 0.286. The predicted octanol–water partition coefficient (Wildman–Crippen LogP) is 4.96. The summed E-state index contributed by atoms with van der Waals surface area (Å²) in [6.45, 7) is 2.98. The van der Waals surface area contributed by atoms with Crippen LogP contribution >= 0.6 is 39.1 Å². The SMILES string of the molecule is CNCc1cc(COc2cc(Cl)c(Br)cc2Cl)c(C)o1. The van der Waals surface area contributed by atoms with E-state index in [-0.39, 0.29) is 0 Å². The third-order valence-corrected chi connectivity index (χ3v) is 4.27. The van der Waals surface area contributed by atoms with Crippen molar-refractivity contribution in [2.75, 3.05) is 7.05 Å². The maximum atomic E-state index is 6.12. The van der Waals surface area contributed by atoms with Crippen molar-refractivity contribution in [2.24, 2.45) is 0 Å². The third kappa shape index (κ3) is 3.70. The van der Waals surface area contributed by atoms with Gasteiger partial charge in [0, 0.05) is 16.1 Å². The van der Waals surface area contributed by atoms with Crippen LogP contribution in [-0.4, -0.2) is 7.05 Å². The van der Waals surface area contributed by atoms with Crippen molar-refractivity contribution < 1.29 is 9.15 Å². The zero-order valence-electron chi connectivity index (χ0n) is 11.1. The quantitative estimate of drug-likeness (QED) is 0.747. The van der Waals surface area contributed by atoms with E-state index in [0.717, 1.165) is 21.6 Å². The number of halogens is 3. The van der Waals surface area contributed by atoms with Crippen LogP contribution in [0.3, 0.4) is 0 Å². The molecule has 0 radical (unpaired) electrons. The van der Waals surface area contributed by atoms with Gasteiger partial charge in [-0.05, 0) is 42.0 Å². The molecule has 0 aliphatic heterocycles. The zero-order chi connectivity index (χ0) is 14.7. The molecule has 0 aliphatic carbocycles. The number of ether oxygens (including phenoxy) is 1. The lowest BCUT2D eigenvalue weighted by molar-refractivity contribution is 0.303. The fourth-order valence-corrected chi connectivity index (χ4v) is 2.61. The van der Waals surface area contributed by atoms with Crippen LogP contribution in [-0.2, 0) is 13.2 Å². The van der Waals surface area contributed by atoms with E-state index < -0.39 is 0 Å². The Labute approximate surface area is 136 Å². The van der Waals surface area contributed by atoms with Gasteiger partial charge in [0.15, 0.2) is 0 Å². The fourth-order valence-electron chi connectivity index (χ4n) is 1.76. The van der Waals surface area contributed by atoms with Crippen LogP contribution in [0.5, 0.6) is 5.75 Å². The molecule has 1 aromatic heterocycles. The summed E-state index contributed by atoms with van der Waals surface area (Å²) in [6.07, 6.45) is 0. The summed E-state index contributed by atoms with van der Waals surface area (Å²) < 4.78 is 12.1. The van der Waals surface area contributed by atoms with Crippen LogP contribution in [0.25, 0.3) is 0 Å². The van der Waals surface area contributed by atoms with Crippen molar-refractivity contribution >= 4 is 39.1 Å². The number of nitrogens with one attached hydrogen (secondary N) is 1. The van der Waals surface area contributed by atoms with E-state index in [1.165, 1.54) is 0 Å². The molecule has 3 nitrogen and oxygen atoms in total. The number of aryl methyl sites for hydroxylation is 1. The maximum absolute atomic E-state index is 6.12. The average molecular weight is 379 g/mol. The van der Waals surface area contributed by atoms with Gasteiger partial charge in [-0.15, -0.1) is 0 Å². The highest BCUT2D eigenvalue weighted by atomic mass is 79.9. The van der Waals surface area contributed by atoms with Crippen molar-refractivity contribution in [3.63, 3.8) is 0 Å². The van der Waals surface area contributed by atoms with Crippen LogP contribution in [0, 0.1) is 6.92 Å². The summed E-state index contributed by atoms with van der Waals surface area (Å²) in [5, 5.41) is 4.11. The van der Waals surface area contributed by atoms with Crippen molar-refractivity contribution in [2.45, 2.75) is 20.1 Å². The zero-order valence-corrected chi connectivity index (χ0v) is 14.2. The van der Waals surface area contributed by atoms with Gasteiger partial charge in [-0.3, -0.25) is 0 Å². The Bertz CT molecular complexity index is 613. The van der Waals surface area contributed by atoms with E-state index in [9.17, 15) is 0 Å². The highest BCUT2D eigenvalue weighted by molar-refractivity contribution is 9.10. The van der Waals surface area contributed by atoms with Crippen LogP contribution in [0.4, 0.5) is 0 Å². The summed E-state index contributed by atoms with van der Waals surface area (Å²) in [4.78, 5) is 0. The summed E-state index contributed by atoms with van der Waals surface area (Å²) >= 11 is 15.5. The molecular formula is C14H14BrCl2NO2. The molecule has 1 N–H and O–H groups in total. The third-order valence-electron chi connectivity index (χ3n) is 2.78. The highest BCUT2D eigenvalue weighted by Gasteiger charge is 2.10. The summed E-state index contributed by atoms with van der Waals surface area (Å²) in [5.74, 6) is 2.27. The highest BCUT2D eigenvalue weighted by Crippen LogP contribution is 2.34. The van der Waals surface area contributed by atoms with Gasteiger partial charge < -0.3 is 14.5 Å². The smallest absolute Gasteiger partial charge is 0.139 e. The molecule has 0 saturated heterocycles. The predicted molar refractivity (Wildman–Crippen MR) is 84.7 cm³/mol. The van der Waals surface area contributed by atoms with E-state index in [2.05, 4.69) is 21.2 Å². The lowest BCUT2D eigenvalue weighted by atomic mass is 10.2. The van der Waals surface area contributed by atoms with E-state index >= 15 is 0 Å². The minimum Gasteiger partial charge on any atom is -0.487 e. The molecule has 2 aromatic rings. The Morgan fingerprint density at radius 3 is 2.70 bits per heavy atom. The van der Waals surface area contributed by atoms with Crippen molar-refractivity contribution in [3.05, 3.63) is 49.8 Å². The van der Waals surface area contributed by atoms with Gasteiger partial charge in [-0.1, -0.05) is 23.2 Å². The van der Waals surface area contributed by atoms with Gasteiger partial charge in [-0.25, -0.2) is 0 Å². The van der Waals surface area contributed by atoms with E-state index in [4.69, 9.17) is 32.4 Å². The lowest BCUT2D eigenvalue weighted by Crippen LogP contribution is -2.03. The minimum atomic E-state index is 0.386. The normalized spacial score (nSPS) is 10.8. The Hall–Kier alpha value is -0.680. The lowest BCUT2D eigenvalue weighted by Gasteiger charge is -2.08. The first-order chi connectivity index (χ1) is 9.51. The van der Waals surface area contributed by atoms with Gasteiger partial charge in [0.05, 0.1) is 16.6 Å². The average Bonchev–Trinajstić information content (AvgIpc) is 2.73. The second-order valence-corrected chi connectivity index (χ2v) is 5.98. The largest absolute Gasteiger partial charge is 0.487 e. The molecular weight excluding hydrogens is 365 g/mol. The number of hydrogen-bond donors (Lipinski definition) is 1. The first kappa shape index (κ1) is 15.7. The number of hydrogen-bond acceptors (Lipinski definition) is 3. The van der Waals surface area contributed by atoms with E-state index in [0.29, 0.717) is 28.9 Å². The van der Waals surface area contributed by atoms with Crippen molar-refractivity contribution in [1.29, 1.82) is 0 Å². The molecule has 1 aromatic carbocycles. The summed E-state index contributed by atoms with van der Waals surface area (Å²) in [6, 6.07) is 5.38. The standard InChI is InChI=1S/C14H14BrCl2NO2/c1-8-9(3-10(20-8)6-18-2)7-19-14-5-12(16)11(15)4-13(14)17/h3-5,18H,6-7H2,1-2H3. The molecule has 0 aliphatic rings. The van der Waals surface area contributed by atoms with Gasteiger partial charge in [-0.2, -0.15) is 0 Å². The van der Waals surface area contributed by atoms with Gasteiger partial charge in [0.1, 0.15) is 23.9 Å². The number of benzene rings is 1. The summed E-state index contributed by atoms with van der Waals surface area (Å²) in [7, 11) is 1.87. The van der Waals surface area contributed by atoms with Crippen LogP contribution in [0.2, 0.25) is 10.0 Å². The Morgan fingerprint density at radius 2 is 2.00 bits per heavy atom. The Morgan fingerprint density at radius 1 is 1.25 bits per heavy atom. The molecule has 0 saturated carbocycles. The molecule has 0 atom stereocenters. The van der Waals surface area contributed by atoms with Gasteiger partial charge in [0.25, 0.3) is 0 Å². The van der Waals surface area contributed by atoms with Crippen LogP contribution in [0.1, 0.15) is 17.1 Å². The molecule has 20 heavy (non-hydrogen) atoms. The van der Waals surface area contributed by atoms with Crippen LogP contribution < -0.4 is 10.1 Å². The number of furan rings is 1. The molecule has 0 spiro atoms. The molecule has 6 heteroatoms. The van der Waals surface area contributed by atoms with Crippen LogP contribution in [0.15, 0.2) is 27.1 Å².